The third-order valence-electron chi connectivity index (χ3n) is 1.83. The number of hydrogen-bond acceptors (Lipinski definition) is 2. The van der Waals surface area contributed by atoms with Crippen LogP contribution in [0.2, 0.25) is 0 Å². The summed E-state index contributed by atoms with van der Waals surface area (Å²) in [5.41, 5.74) is 1.90. The second kappa shape index (κ2) is 7.00. The maximum absolute atomic E-state index is 10.5. The molecule has 90 valence electrons. The number of aliphatic carboxylic acids is 2. The molecule has 1 aromatic rings. The summed E-state index contributed by atoms with van der Waals surface area (Å²) >= 11 is 0. The highest BCUT2D eigenvalue weighted by Crippen LogP contribution is 2.12. The van der Waals surface area contributed by atoms with Gasteiger partial charge < -0.3 is 10.2 Å². The van der Waals surface area contributed by atoms with Crippen molar-refractivity contribution in [1.82, 2.24) is 0 Å². The molecule has 0 heterocycles. The van der Waals surface area contributed by atoms with Crippen LogP contribution in [0.3, 0.4) is 0 Å². The molecule has 1 rings (SSSR count). The van der Waals surface area contributed by atoms with E-state index < -0.39 is 11.9 Å². The molecule has 0 bridgehead atoms. The number of hydrogen-bond donors (Lipinski definition) is 2. The number of rotatable bonds is 3. The zero-order valence-corrected chi connectivity index (χ0v) is 9.51. The SMILES string of the molecule is C=C(C(=O)O)c1ccc(C)cc1.C=CC(=O)O. The van der Waals surface area contributed by atoms with Crippen molar-refractivity contribution in [2.45, 2.75) is 6.92 Å². The molecule has 0 unspecified atom stereocenters. The largest absolute Gasteiger partial charge is 0.478 e. The van der Waals surface area contributed by atoms with Crippen molar-refractivity contribution in [3.63, 3.8) is 0 Å². The Balaban J connectivity index is 0.000000437. The van der Waals surface area contributed by atoms with Crippen LogP contribution in [0.5, 0.6) is 0 Å². The molecular weight excluding hydrogens is 220 g/mol. The van der Waals surface area contributed by atoms with Crippen LogP contribution in [0.25, 0.3) is 5.57 Å². The molecule has 0 fully saturated rings. The van der Waals surface area contributed by atoms with E-state index in [1.165, 1.54) is 0 Å². The van der Waals surface area contributed by atoms with E-state index in [2.05, 4.69) is 13.2 Å². The summed E-state index contributed by atoms with van der Waals surface area (Å²) in [6.45, 7) is 8.37. The van der Waals surface area contributed by atoms with E-state index in [4.69, 9.17) is 10.2 Å². The van der Waals surface area contributed by atoms with Gasteiger partial charge in [0, 0.05) is 6.08 Å². The van der Waals surface area contributed by atoms with Crippen LogP contribution in [0.1, 0.15) is 11.1 Å². The first kappa shape index (κ1) is 14.6. The van der Waals surface area contributed by atoms with Crippen molar-refractivity contribution in [3.8, 4) is 0 Å². The monoisotopic (exact) mass is 234 g/mol. The highest BCUT2D eigenvalue weighted by molar-refractivity contribution is 6.14. The minimum absolute atomic E-state index is 0.134. The molecule has 1 aromatic carbocycles. The van der Waals surface area contributed by atoms with E-state index in [-0.39, 0.29) is 5.57 Å². The molecule has 0 amide bonds. The topological polar surface area (TPSA) is 74.6 Å². The molecule has 0 saturated carbocycles. The molecule has 0 aliphatic carbocycles. The lowest BCUT2D eigenvalue weighted by atomic mass is 10.1. The van der Waals surface area contributed by atoms with Crippen molar-refractivity contribution in [3.05, 3.63) is 54.6 Å². The first-order valence-corrected chi connectivity index (χ1v) is 4.73. The molecule has 0 aliphatic heterocycles. The second-order valence-electron chi connectivity index (χ2n) is 3.19. The van der Waals surface area contributed by atoms with Gasteiger partial charge in [-0.05, 0) is 12.5 Å². The average Bonchev–Trinajstić information content (AvgIpc) is 2.29. The van der Waals surface area contributed by atoms with Crippen molar-refractivity contribution in [2.24, 2.45) is 0 Å². The summed E-state index contributed by atoms with van der Waals surface area (Å²) in [6, 6.07) is 7.24. The Kier molecular flexibility index (Phi) is 6.03. The smallest absolute Gasteiger partial charge is 0.335 e. The molecule has 0 spiro atoms. The molecule has 4 heteroatoms. The van der Waals surface area contributed by atoms with E-state index in [1.807, 2.05) is 19.1 Å². The average molecular weight is 234 g/mol. The van der Waals surface area contributed by atoms with Crippen molar-refractivity contribution < 1.29 is 19.8 Å². The Labute approximate surface area is 99.5 Å². The van der Waals surface area contributed by atoms with Gasteiger partial charge in [-0.25, -0.2) is 9.59 Å². The molecular formula is C13H14O4. The highest BCUT2D eigenvalue weighted by Gasteiger charge is 2.05. The summed E-state index contributed by atoms with van der Waals surface area (Å²) in [7, 11) is 0. The Bertz CT molecular complexity index is 429. The van der Waals surface area contributed by atoms with Gasteiger partial charge in [0.2, 0.25) is 0 Å². The predicted octanol–water partition coefficient (Wildman–Crippen LogP) is 2.35. The number of carboxylic acid groups (broad SMARTS) is 2. The third-order valence-corrected chi connectivity index (χ3v) is 1.83. The van der Waals surface area contributed by atoms with Crippen LogP contribution in [0.15, 0.2) is 43.5 Å². The molecule has 0 atom stereocenters. The van der Waals surface area contributed by atoms with Gasteiger partial charge in [-0.1, -0.05) is 43.0 Å². The van der Waals surface area contributed by atoms with Crippen LogP contribution in [0, 0.1) is 6.92 Å². The first-order chi connectivity index (χ1) is 7.88. The molecule has 0 aliphatic rings. The quantitative estimate of drug-likeness (QED) is 0.787. The van der Waals surface area contributed by atoms with Gasteiger partial charge in [0.25, 0.3) is 0 Å². The summed E-state index contributed by atoms with van der Waals surface area (Å²) in [6.07, 6.45) is 0.833. The lowest BCUT2D eigenvalue weighted by molar-refractivity contribution is -0.132. The van der Waals surface area contributed by atoms with Crippen LogP contribution in [-0.2, 0) is 9.59 Å². The van der Waals surface area contributed by atoms with Gasteiger partial charge in [-0.3, -0.25) is 0 Å². The van der Waals surface area contributed by atoms with E-state index in [9.17, 15) is 9.59 Å². The maximum atomic E-state index is 10.5. The number of carbonyl (C=O) groups is 2. The second-order valence-corrected chi connectivity index (χ2v) is 3.19. The van der Waals surface area contributed by atoms with Gasteiger partial charge in [0.1, 0.15) is 0 Å². The van der Waals surface area contributed by atoms with Gasteiger partial charge in [-0.2, -0.15) is 0 Å². The van der Waals surface area contributed by atoms with Crippen molar-refractivity contribution in [2.75, 3.05) is 0 Å². The van der Waals surface area contributed by atoms with Crippen molar-refractivity contribution >= 4 is 17.5 Å². The summed E-state index contributed by atoms with van der Waals surface area (Å²) in [5.74, 6) is -1.95. The van der Waals surface area contributed by atoms with E-state index in [0.29, 0.717) is 5.56 Å². The lowest BCUT2D eigenvalue weighted by Gasteiger charge is -1.99. The molecule has 0 saturated heterocycles. The lowest BCUT2D eigenvalue weighted by Crippen LogP contribution is -1.97. The molecule has 2 N–H and O–H groups in total. The fourth-order valence-corrected chi connectivity index (χ4v) is 0.878. The first-order valence-electron chi connectivity index (χ1n) is 4.73. The summed E-state index contributed by atoms with van der Waals surface area (Å²) < 4.78 is 0. The van der Waals surface area contributed by atoms with Crippen LogP contribution in [-0.4, -0.2) is 22.2 Å². The summed E-state index contributed by atoms with van der Waals surface area (Å²) in [4.78, 5) is 19.7. The Hall–Kier alpha value is -2.36. The van der Waals surface area contributed by atoms with Crippen molar-refractivity contribution in [1.29, 1.82) is 0 Å². The normalized spacial score (nSPS) is 8.53. The Morgan fingerprint density at radius 2 is 1.59 bits per heavy atom. The Morgan fingerprint density at radius 3 is 1.88 bits per heavy atom. The van der Waals surface area contributed by atoms with Gasteiger partial charge in [0.05, 0.1) is 5.57 Å². The fourth-order valence-electron chi connectivity index (χ4n) is 0.878. The van der Waals surface area contributed by atoms with E-state index in [0.717, 1.165) is 11.6 Å². The number of benzene rings is 1. The summed E-state index contributed by atoms with van der Waals surface area (Å²) in [5, 5.41) is 16.2. The van der Waals surface area contributed by atoms with Crippen LogP contribution >= 0.6 is 0 Å². The Morgan fingerprint density at radius 1 is 1.18 bits per heavy atom. The maximum Gasteiger partial charge on any atom is 0.335 e. The standard InChI is InChI=1S/C10H10O2.C3H4O2/c1-7-3-5-9(6-4-7)8(2)10(11)12;1-2-3(4)5/h3-6H,2H2,1H3,(H,11,12);2H,1H2,(H,4,5). The molecule has 4 nitrogen and oxygen atoms in total. The predicted molar refractivity (Wildman–Crippen MR) is 65.7 cm³/mol. The number of carboxylic acids is 2. The zero-order valence-electron chi connectivity index (χ0n) is 9.51. The third kappa shape index (κ3) is 5.94. The van der Waals surface area contributed by atoms with Gasteiger partial charge in [-0.15, -0.1) is 0 Å². The fraction of sp³-hybridized carbons (Fsp3) is 0.0769. The highest BCUT2D eigenvalue weighted by atomic mass is 16.4. The van der Waals surface area contributed by atoms with Gasteiger partial charge >= 0.3 is 11.9 Å². The molecule has 0 aromatic heterocycles. The zero-order chi connectivity index (χ0) is 13.4. The molecule has 17 heavy (non-hydrogen) atoms. The van der Waals surface area contributed by atoms with Crippen LogP contribution in [0.4, 0.5) is 0 Å². The van der Waals surface area contributed by atoms with Gasteiger partial charge in [0.15, 0.2) is 0 Å². The molecule has 0 radical (unpaired) electrons. The van der Waals surface area contributed by atoms with E-state index >= 15 is 0 Å². The van der Waals surface area contributed by atoms with E-state index in [1.54, 1.807) is 12.1 Å². The van der Waals surface area contributed by atoms with Crippen LogP contribution < -0.4 is 0 Å². The minimum Gasteiger partial charge on any atom is -0.478 e. The minimum atomic E-state index is -0.981. The number of aryl methyl sites for hydroxylation is 1.